The predicted octanol–water partition coefficient (Wildman–Crippen LogP) is 3.42. The van der Waals surface area contributed by atoms with Gasteiger partial charge in [-0.15, -0.1) is 0 Å². The molecule has 1 unspecified atom stereocenters. The molecule has 0 aromatic carbocycles. The molecule has 0 aromatic rings. The molecule has 0 bridgehead atoms. The molecule has 3 fully saturated rings. The van der Waals surface area contributed by atoms with Crippen molar-refractivity contribution in [2.24, 2.45) is 11.3 Å². The van der Waals surface area contributed by atoms with Crippen LogP contribution in [0.1, 0.15) is 65.2 Å². The summed E-state index contributed by atoms with van der Waals surface area (Å²) in [6.45, 7) is 8.83. The molecule has 2 nitrogen and oxygen atoms in total. The standard InChI is InChI=1S/C17H32N2/c1-3-10-17(2,12-18-15-6-7-15)13-19(16-8-9-16)11-14-4-5-14/h14-16,18H,3-13H2,1-2H3. The van der Waals surface area contributed by atoms with Gasteiger partial charge >= 0.3 is 0 Å². The van der Waals surface area contributed by atoms with Crippen LogP contribution in [0.5, 0.6) is 0 Å². The van der Waals surface area contributed by atoms with Gasteiger partial charge in [0.1, 0.15) is 0 Å². The third-order valence-electron chi connectivity index (χ3n) is 5.09. The number of nitrogens with zero attached hydrogens (tertiary/aromatic N) is 1. The summed E-state index contributed by atoms with van der Waals surface area (Å²) in [6, 6.07) is 1.80. The van der Waals surface area contributed by atoms with Crippen molar-refractivity contribution in [3.8, 4) is 0 Å². The van der Waals surface area contributed by atoms with Crippen molar-refractivity contribution in [1.29, 1.82) is 0 Å². The molecule has 0 radical (unpaired) electrons. The van der Waals surface area contributed by atoms with E-state index in [-0.39, 0.29) is 0 Å². The molecule has 19 heavy (non-hydrogen) atoms. The summed E-state index contributed by atoms with van der Waals surface area (Å²) in [5, 5.41) is 3.79. The molecule has 0 aromatic heterocycles. The first-order valence-corrected chi connectivity index (χ1v) is 8.66. The second-order valence-corrected chi connectivity index (χ2v) is 7.82. The molecule has 3 aliphatic rings. The lowest BCUT2D eigenvalue weighted by atomic mass is 9.84. The monoisotopic (exact) mass is 264 g/mol. The van der Waals surface area contributed by atoms with Crippen LogP contribution >= 0.6 is 0 Å². The van der Waals surface area contributed by atoms with Crippen LogP contribution in [0.3, 0.4) is 0 Å². The molecule has 3 rings (SSSR count). The number of hydrogen-bond acceptors (Lipinski definition) is 2. The topological polar surface area (TPSA) is 15.3 Å². The lowest BCUT2D eigenvalue weighted by Gasteiger charge is -2.36. The summed E-state index contributed by atoms with van der Waals surface area (Å²) in [7, 11) is 0. The molecular formula is C17H32N2. The molecule has 1 atom stereocenters. The highest BCUT2D eigenvalue weighted by Crippen LogP contribution is 2.37. The molecule has 3 aliphatic carbocycles. The highest BCUT2D eigenvalue weighted by molar-refractivity contribution is 4.93. The van der Waals surface area contributed by atoms with Crippen LogP contribution in [-0.4, -0.2) is 36.6 Å². The van der Waals surface area contributed by atoms with Crippen LogP contribution in [0.25, 0.3) is 0 Å². The van der Waals surface area contributed by atoms with Gasteiger partial charge in [0.25, 0.3) is 0 Å². The minimum atomic E-state index is 0.495. The quantitative estimate of drug-likeness (QED) is 0.650. The van der Waals surface area contributed by atoms with Crippen molar-refractivity contribution >= 4 is 0 Å². The van der Waals surface area contributed by atoms with E-state index < -0.39 is 0 Å². The Morgan fingerprint density at radius 1 is 1.11 bits per heavy atom. The second-order valence-electron chi connectivity index (χ2n) is 7.82. The van der Waals surface area contributed by atoms with E-state index in [2.05, 4.69) is 24.1 Å². The first-order valence-electron chi connectivity index (χ1n) is 8.66. The molecule has 110 valence electrons. The maximum absolute atomic E-state index is 3.79. The summed E-state index contributed by atoms with van der Waals surface area (Å²) in [4.78, 5) is 2.85. The van der Waals surface area contributed by atoms with E-state index in [9.17, 15) is 0 Å². The Labute approximate surface area is 119 Å². The van der Waals surface area contributed by atoms with E-state index in [1.165, 1.54) is 71.0 Å². The summed E-state index contributed by atoms with van der Waals surface area (Å²) >= 11 is 0. The van der Waals surface area contributed by atoms with Crippen LogP contribution in [0.2, 0.25) is 0 Å². The Hall–Kier alpha value is -0.0800. The van der Waals surface area contributed by atoms with E-state index in [1.807, 2.05) is 0 Å². The van der Waals surface area contributed by atoms with Crippen molar-refractivity contribution in [3.05, 3.63) is 0 Å². The largest absolute Gasteiger partial charge is 0.313 e. The first-order chi connectivity index (χ1) is 9.18. The molecule has 0 saturated heterocycles. The molecule has 3 saturated carbocycles. The Balaban J connectivity index is 1.53. The minimum Gasteiger partial charge on any atom is -0.313 e. The van der Waals surface area contributed by atoms with Gasteiger partial charge in [0, 0.05) is 31.7 Å². The van der Waals surface area contributed by atoms with Crippen LogP contribution in [-0.2, 0) is 0 Å². The fourth-order valence-corrected chi connectivity index (χ4v) is 3.41. The van der Waals surface area contributed by atoms with Crippen LogP contribution in [0.15, 0.2) is 0 Å². The van der Waals surface area contributed by atoms with E-state index >= 15 is 0 Å². The maximum Gasteiger partial charge on any atom is 0.00967 e. The van der Waals surface area contributed by atoms with Gasteiger partial charge in [0.2, 0.25) is 0 Å². The summed E-state index contributed by atoms with van der Waals surface area (Å²) in [5.41, 5.74) is 0.495. The summed E-state index contributed by atoms with van der Waals surface area (Å²) in [6.07, 6.45) is 11.4. The maximum atomic E-state index is 3.79. The number of hydrogen-bond donors (Lipinski definition) is 1. The zero-order valence-corrected chi connectivity index (χ0v) is 13.0. The van der Waals surface area contributed by atoms with E-state index in [0.29, 0.717) is 5.41 Å². The fourth-order valence-electron chi connectivity index (χ4n) is 3.41. The molecule has 0 spiro atoms. The average molecular weight is 264 g/mol. The van der Waals surface area contributed by atoms with E-state index in [1.54, 1.807) is 0 Å². The van der Waals surface area contributed by atoms with Crippen molar-refractivity contribution in [3.63, 3.8) is 0 Å². The highest BCUT2D eigenvalue weighted by atomic mass is 15.2. The minimum absolute atomic E-state index is 0.495. The van der Waals surface area contributed by atoms with Gasteiger partial charge in [-0.3, -0.25) is 4.90 Å². The van der Waals surface area contributed by atoms with Crippen molar-refractivity contribution in [2.45, 2.75) is 77.3 Å². The highest BCUT2D eigenvalue weighted by Gasteiger charge is 2.38. The number of nitrogens with one attached hydrogen (secondary N) is 1. The van der Waals surface area contributed by atoms with Crippen LogP contribution in [0.4, 0.5) is 0 Å². The SMILES string of the molecule is CCCC(C)(CNC1CC1)CN(CC1CC1)C1CC1. The van der Waals surface area contributed by atoms with Crippen LogP contribution < -0.4 is 5.32 Å². The third-order valence-corrected chi connectivity index (χ3v) is 5.09. The zero-order chi connectivity index (χ0) is 13.3. The van der Waals surface area contributed by atoms with Gasteiger partial charge in [0.15, 0.2) is 0 Å². The van der Waals surface area contributed by atoms with Gasteiger partial charge < -0.3 is 5.32 Å². The average Bonchev–Trinajstić information content (AvgIpc) is 3.25. The molecule has 0 aliphatic heterocycles. The van der Waals surface area contributed by atoms with Gasteiger partial charge in [-0.1, -0.05) is 20.3 Å². The molecule has 1 N–H and O–H groups in total. The van der Waals surface area contributed by atoms with Crippen LogP contribution in [0, 0.1) is 11.3 Å². The predicted molar refractivity (Wildman–Crippen MR) is 81.4 cm³/mol. The molecule has 0 heterocycles. The fraction of sp³-hybridized carbons (Fsp3) is 1.00. The Kier molecular flexibility index (Phi) is 4.19. The Bertz CT molecular complexity index is 292. The van der Waals surface area contributed by atoms with E-state index in [0.717, 1.165) is 18.0 Å². The van der Waals surface area contributed by atoms with E-state index in [4.69, 9.17) is 0 Å². The normalized spacial score (nSPS) is 26.7. The third kappa shape index (κ3) is 4.46. The smallest absolute Gasteiger partial charge is 0.00967 e. The summed E-state index contributed by atoms with van der Waals surface area (Å²) < 4.78 is 0. The second kappa shape index (κ2) is 5.73. The van der Waals surface area contributed by atoms with Crippen molar-refractivity contribution in [2.75, 3.05) is 19.6 Å². The Morgan fingerprint density at radius 3 is 2.37 bits per heavy atom. The van der Waals surface area contributed by atoms with Crippen molar-refractivity contribution < 1.29 is 0 Å². The first kappa shape index (κ1) is 13.9. The number of rotatable bonds is 10. The van der Waals surface area contributed by atoms with Crippen molar-refractivity contribution in [1.82, 2.24) is 10.2 Å². The summed E-state index contributed by atoms with van der Waals surface area (Å²) in [5.74, 6) is 1.04. The van der Waals surface area contributed by atoms with Gasteiger partial charge in [-0.25, -0.2) is 0 Å². The van der Waals surface area contributed by atoms with Gasteiger partial charge in [-0.05, 0) is 56.3 Å². The zero-order valence-electron chi connectivity index (χ0n) is 13.0. The van der Waals surface area contributed by atoms with Gasteiger partial charge in [0.05, 0.1) is 0 Å². The molecule has 2 heteroatoms. The van der Waals surface area contributed by atoms with Gasteiger partial charge in [-0.2, -0.15) is 0 Å². The lowest BCUT2D eigenvalue weighted by Crippen LogP contribution is -2.44. The Morgan fingerprint density at radius 2 is 1.84 bits per heavy atom. The molecular weight excluding hydrogens is 232 g/mol. The lowest BCUT2D eigenvalue weighted by molar-refractivity contribution is 0.137. The molecule has 0 amide bonds.